The van der Waals surface area contributed by atoms with Crippen molar-refractivity contribution in [3.8, 4) is 11.1 Å². The van der Waals surface area contributed by atoms with Crippen LogP contribution in [0, 0.1) is 19.3 Å². The quantitative estimate of drug-likeness (QED) is 0.441. The van der Waals surface area contributed by atoms with Crippen molar-refractivity contribution in [2.24, 2.45) is 11.1 Å². The molecule has 3 N–H and O–H groups in total. The van der Waals surface area contributed by atoms with Crippen molar-refractivity contribution in [1.82, 2.24) is 19.9 Å². The molecule has 1 saturated heterocycles. The molecule has 0 radical (unpaired) electrons. The van der Waals surface area contributed by atoms with Crippen LogP contribution in [0.1, 0.15) is 47.1 Å². The Bertz CT molecular complexity index is 1430. The van der Waals surface area contributed by atoms with Gasteiger partial charge in [-0.25, -0.2) is 15.0 Å². The lowest BCUT2D eigenvalue weighted by Gasteiger charge is -2.27. The number of carbonyl (C=O) groups excluding carboxylic acids is 3. The predicted molar refractivity (Wildman–Crippen MR) is 141 cm³/mol. The number of nitrogens with two attached hydrogens (primary N) is 1. The van der Waals surface area contributed by atoms with Gasteiger partial charge < -0.3 is 16.0 Å². The third-order valence-electron chi connectivity index (χ3n) is 7.28. The maximum atomic E-state index is 13.6. The Kier molecular flexibility index (Phi) is 6.31. The zero-order chi connectivity index (χ0) is 26.5. The lowest BCUT2D eigenvalue weighted by molar-refractivity contribution is -0.137. The van der Waals surface area contributed by atoms with Crippen LogP contribution in [-0.2, 0) is 16.0 Å². The van der Waals surface area contributed by atoms with Gasteiger partial charge in [-0.1, -0.05) is 19.1 Å². The Balaban J connectivity index is 1.40. The Hall–Kier alpha value is -3.66. The van der Waals surface area contributed by atoms with E-state index in [2.05, 4.69) is 43.1 Å². The fourth-order valence-corrected chi connectivity index (χ4v) is 5.41. The van der Waals surface area contributed by atoms with Gasteiger partial charge in [0.15, 0.2) is 0 Å². The molecule has 3 amide bonds. The number of piperidine rings is 1. The van der Waals surface area contributed by atoms with Crippen molar-refractivity contribution in [3.05, 3.63) is 69.8 Å². The average Bonchev–Trinajstić information content (AvgIpc) is 3.41. The van der Waals surface area contributed by atoms with Gasteiger partial charge in [0, 0.05) is 29.6 Å². The van der Waals surface area contributed by atoms with E-state index in [9.17, 15) is 14.4 Å². The average molecular weight is 563 g/mol. The number of anilines is 1. The highest BCUT2D eigenvalue weighted by molar-refractivity contribution is 9.10. The number of hydrogen-bond donors (Lipinski definition) is 2. The Morgan fingerprint density at radius 2 is 1.84 bits per heavy atom. The van der Waals surface area contributed by atoms with E-state index in [1.165, 1.54) is 0 Å². The first kappa shape index (κ1) is 25.0. The summed E-state index contributed by atoms with van der Waals surface area (Å²) in [5.74, 6) is 0.0893. The molecule has 0 spiro atoms. The summed E-state index contributed by atoms with van der Waals surface area (Å²) in [7, 11) is 0. The fourth-order valence-electron chi connectivity index (χ4n) is 5.10. The molecule has 37 heavy (non-hydrogen) atoms. The standard InChI is InChI=1S/C27H27BrN6O3/c1-14-4-5-22(28)32-25(14)33-26(37)20-10-27(3)11-21(27)34(20)23(35)8-16-6-17(9-18(7-16)24(29)36)19-12-30-15(2)31-13-19/h4-7,9,12-13,20-21H,8,10-11H2,1-3H3,(H2,29,36)(H,32,33,37)/t20-,21+,27-/m0/s1. The third kappa shape index (κ3) is 4.98. The van der Waals surface area contributed by atoms with Gasteiger partial charge in [0.05, 0.1) is 6.42 Å². The molecule has 2 aromatic heterocycles. The zero-order valence-corrected chi connectivity index (χ0v) is 22.4. The largest absolute Gasteiger partial charge is 0.366 e. The number of carbonyl (C=O) groups is 3. The van der Waals surface area contributed by atoms with Crippen molar-refractivity contribution >= 4 is 39.5 Å². The minimum Gasteiger partial charge on any atom is -0.366 e. The van der Waals surface area contributed by atoms with Gasteiger partial charge in [0.2, 0.25) is 17.7 Å². The van der Waals surface area contributed by atoms with E-state index in [1.807, 2.05) is 25.1 Å². The van der Waals surface area contributed by atoms with Crippen LogP contribution in [0.4, 0.5) is 5.82 Å². The maximum absolute atomic E-state index is 13.6. The Labute approximate surface area is 223 Å². The summed E-state index contributed by atoms with van der Waals surface area (Å²) in [5.41, 5.74) is 8.68. The van der Waals surface area contributed by atoms with Gasteiger partial charge in [0.25, 0.3) is 0 Å². The molecule has 0 unspecified atom stereocenters. The lowest BCUT2D eigenvalue weighted by Crippen LogP contribution is -2.46. The molecular weight excluding hydrogens is 536 g/mol. The lowest BCUT2D eigenvalue weighted by atomic mass is 9.98. The molecule has 9 nitrogen and oxygen atoms in total. The van der Waals surface area contributed by atoms with Gasteiger partial charge in [-0.3, -0.25) is 14.4 Å². The van der Waals surface area contributed by atoms with E-state index >= 15 is 0 Å². The van der Waals surface area contributed by atoms with Crippen molar-refractivity contribution < 1.29 is 14.4 Å². The number of nitrogens with zero attached hydrogens (tertiary/aromatic N) is 4. The van der Waals surface area contributed by atoms with Crippen LogP contribution in [0.5, 0.6) is 0 Å². The first-order valence-corrected chi connectivity index (χ1v) is 12.8. The summed E-state index contributed by atoms with van der Waals surface area (Å²) in [5, 5.41) is 2.91. The molecule has 3 atom stereocenters. The van der Waals surface area contributed by atoms with Gasteiger partial charge >= 0.3 is 0 Å². The highest BCUT2D eigenvalue weighted by Crippen LogP contribution is 2.59. The molecule has 1 aliphatic heterocycles. The van der Waals surface area contributed by atoms with E-state index < -0.39 is 11.9 Å². The number of pyridine rings is 1. The normalized spacial score (nSPS) is 21.9. The summed E-state index contributed by atoms with van der Waals surface area (Å²) in [6.07, 6.45) is 4.83. The molecule has 1 aliphatic carbocycles. The SMILES string of the molecule is Cc1ncc(-c2cc(CC(=O)N3[C@H](C(=O)Nc4nc(Br)ccc4C)C[C@@]4(C)C[C@@H]34)cc(C(N)=O)c2)cn1. The van der Waals surface area contributed by atoms with Crippen LogP contribution >= 0.6 is 15.9 Å². The molecular formula is C27H27BrN6O3. The van der Waals surface area contributed by atoms with E-state index in [0.717, 1.165) is 12.0 Å². The summed E-state index contributed by atoms with van der Waals surface area (Å²) >= 11 is 3.34. The number of likely N-dealkylation sites (tertiary alicyclic amines) is 1. The van der Waals surface area contributed by atoms with Crippen LogP contribution in [0.3, 0.4) is 0 Å². The molecule has 2 aliphatic rings. The Morgan fingerprint density at radius 3 is 2.54 bits per heavy atom. The molecule has 3 aromatic rings. The van der Waals surface area contributed by atoms with Crippen molar-refractivity contribution in [3.63, 3.8) is 0 Å². The monoisotopic (exact) mass is 562 g/mol. The molecule has 1 saturated carbocycles. The number of primary amides is 1. The zero-order valence-electron chi connectivity index (χ0n) is 20.8. The van der Waals surface area contributed by atoms with E-state index in [1.54, 1.807) is 36.4 Å². The summed E-state index contributed by atoms with van der Waals surface area (Å²) in [6.45, 7) is 5.76. The minimum absolute atomic E-state index is 0.0107. The van der Waals surface area contributed by atoms with Gasteiger partial charge in [-0.2, -0.15) is 0 Å². The molecule has 10 heteroatoms. The van der Waals surface area contributed by atoms with Crippen LogP contribution in [0.25, 0.3) is 11.1 Å². The fraction of sp³-hybridized carbons (Fsp3) is 0.333. The van der Waals surface area contributed by atoms with Gasteiger partial charge in [-0.05, 0) is 82.9 Å². The number of rotatable bonds is 6. The van der Waals surface area contributed by atoms with E-state index in [4.69, 9.17) is 5.73 Å². The van der Waals surface area contributed by atoms with Crippen LogP contribution in [0.15, 0.2) is 47.3 Å². The number of aromatic nitrogens is 3. The summed E-state index contributed by atoms with van der Waals surface area (Å²) in [4.78, 5) is 53.5. The highest BCUT2D eigenvalue weighted by Gasteiger charge is 2.64. The van der Waals surface area contributed by atoms with Crippen LogP contribution < -0.4 is 11.1 Å². The summed E-state index contributed by atoms with van der Waals surface area (Å²) in [6, 6.07) is 8.23. The van der Waals surface area contributed by atoms with Crippen LogP contribution in [-0.4, -0.2) is 49.7 Å². The topological polar surface area (TPSA) is 131 Å². The second-order valence-electron chi connectivity index (χ2n) is 10.2. The van der Waals surface area contributed by atoms with Crippen molar-refractivity contribution in [2.75, 3.05) is 5.32 Å². The maximum Gasteiger partial charge on any atom is 0.248 e. The number of fused-ring (bicyclic) bond motifs is 1. The van der Waals surface area contributed by atoms with Gasteiger partial charge in [0.1, 0.15) is 22.3 Å². The first-order chi connectivity index (χ1) is 17.5. The van der Waals surface area contributed by atoms with E-state index in [-0.39, 0.29) is 29.7 Å². The minimum atomic E-state index is -0.597. The first-order valence-electron chi connectivity index (χ1n) is 12.0. The smallest absolute Gasteiger partial charge is 0.248 e. The molecule has 5 rings (SSSR count). The van der Waals surface area contributed by atoms with Crippen molar-refractivity contribution in [2.45, 2.75) is 52.1 Å². The number of hydrogen-bond acceptors (Lipinski definition) is 6. The third-order valence-corrected chi connectivity index (χ3v) is 7.72. The van der Waals surface area contributed by atoms with Gasteiger partial charge in [-0.15, -0.1) is 0 Å². The van der Waals surface area contributed by atoms with Crippen molar-refractivity contribution in [1.29, 1.82) is 0 Å². The second kappa shape index (κ2) is 9.33. The second-order valence-corrected chi connectivity index (χ2v) is 11.0. The molecule has 3 heterocycles. The van der Waals surface area contributed by atoms with E-state index in [0.29, 0.717) is 44.9 Å². The molecule has 1 aromatic carbocycles. The number of amides is 3. The highest BCUT2D eigenvalue weighted by atomic mass is 79.9. The summed E-state index contributed by atoms with van der Waals surface area (Å²) < 4.78 is 0.617. The molecule has 2 fully saturated rings. The Morgan fingerprint density at radius 1 is 1.11 bits per heavy atom. The number of benzene rings is 1. The predicted octanol–water partition coefficient (Wildman–Crippen LogP) is 3.58. The van der Waals surface area contributed by atoms with Crippen LogP contribution in [0.2, 0.25) is 0 Å². The molecule has 190 valence electrons. The number of nitrogens with one attached hydrogen (secondary N) is 1. The number of halogens is 1. The number of aryl methyl sites for hydroxylation is 2. The molecule has 0 bridgehead atoms.